The van der Waals surface area contributed by atoms with Crippen LogP contribution in [0.4, 0.5) is 0 Å². The number of ether oxygens (including phenoxy) is 1. The molecule has 94 valence electrons. The predicted molar refractivity (Wildman–Crippen MR) is 63.3 cm³/mol. The second kappa shape index (κ2) is 4.08. The Morgan fingerprint density at radius 3 is 2.45 bits per heavy atom. The van der Waals surface area contributed by atoms with E-state index >= 15 is 0 Å². The van der Waals surface area contributed by atoms with Crippen LogP contribution in [0.5, 0.6) is 0 Å². The Morgan fingerprint density at radius 1 is 1.05 bits per heavy atom. The van der Waals surface area contributed by atoms with Gasteiger partial charge in [-0.25, -0.2) is 9.59 Å². The molecule has 0 saturated carbocycles. The second-order valence-corrected chi connectivity index (χ2v) is 3.97. The van der Waals surface area contributed by atoms with E-state index in [0.29, 0.717) is 0 Å². The van der Waals surface area contributed by atoms with Crippen molar-refractivity contribution in [2.45, 2.75) is 0 Å². The van der Waals surface area contributed by atoms with Gasteiger partial charge in [0, 0.05) is 0 Å². The lowest BCUT2D eigenvalue weighted by atomic mass is 9.92. The SMILES string of the molecule is N#Cc1cc2c(c(-c3ccco3)c1C#N)C(=O)OC2=O. The molecule has 2 aromatic rings. The van der Waals surface area contributed by atoms with Crippen LogP contribution in [0.1, 0.15) is 31.8 Å². The molecule has 0 saturated heterocycles. The van der Waals surface area contributed by atoms with Gasteiger partial charge in [0.05, 0.1) is 34.1 Å². The number of cyclic esters (lactones) is 2. The number of esters is 2. The van der Waals surface area contributed by atoms with Crippen LogP contribution >= 0.6 is 0 Å². The number of carbonyl (C=O) groups excluding carboxylic acids is 2. The molecule has 20 heavy (non-hydrogen) atoms. The summed E-state index contributed by atoms with van der Waals surface area (Å²) in [5.74, 6) is -1.46. The predicted octanol–water partition coefficient (Wildman–Crippen LogP) is 2.00. The third kappa shape index (κ3) is 1.43. The Labute approximate surface area is 112 Å². The number of carbonyl (C=O) groups is 2. The summed E-state index contributed by atoms with van der Waals surface area (Å²) in [7, 11) is 0. The van der Waals surface area contributed by atoms with Gasteiger partial charge in [-0.05, 0) is 18.2 Å². The van der Waals surface area contributed by atoms with Gasteiger partial charge < -0.3 is 9.15 Å². The highest BCUT2D eigenvalue weighted by atomic mass is 16.6. The molecule has 0 radical (unpaired) electrons. The molecule has 0 bridgehead atoms. The van der Waals surface area contributed by atoms with Crippen LogP contribution < -0.4 is 0 Å². The van der Waals surface area contributed by atoms with Gasteiger partial charge in [0.15, 0.2) is 0 Å². The standard InChI is InChI=1S/C14H4N2O4/c15-5-7-4-8-12(14(18)20-13(8)17)11(9(7)6-16)10-2-1-3-19-10/h1-4H. The maximum Gasteiger partial charge on any atom is 0.347 e. The number of fused-ring (bicyclic) bond motifs is 1. The molecule has 0 spiro atoms. The summed E-state index contributed by atoms with van der Waals surface area (Å²) in [6.45, 7) is 0. The molecule has 0 fully saturated rings. The summed E-state index contributed by atoms with van der Waals surface area (Å²) in [6, 6.07) is 7.99. The fourth-order valence-corrected chi connectivity index (χ4v) is 2.12. The Balaban J connectivity index is 2.49. The molecule has 0 amide bonds. The molecular formula is C14H4N2O4. The molecule has 3 rings (SSSR count). The fraction of sp³-hybridized carbons (Fsp3) is 0. The number of rotatable bonds is 1. The minimum absolute atomic E-state index is 0.00991. The smallest absolute Gasteiger partial charge is 0.347 e. The molecule has 0 atom stereocenters. The molecule has 6 nitrogen and oxygen atoms in total. The van der Waals surface area contributed by atoms with Crippen LogP contribution in [0.25, 0.3) is 11.3 Å². The lowest BCUT2D eigenvalue weighted by Gasteiger charge is -2.06. The van der Waals surface area contributed by atoms with Crippen molar-refractivity contribution in [1.82, 2.24) is 0 Å². The highest BCUT2D eigenvalue weighted by Crippen LogP contribution is 2.36. The van der Waals surface area contributed by atoms with Gasteiger partial charge in [-0.3, -0.25) is 0 Å². The van der Waals surface area contributed by atoms with E-state index in [-0.39, 0.29) is 33.6 Å². The lowest BCUT2D eigenvalue weighted by Crippen LogP contribution is -2.01. The number of hydrogen-bond acceptors (Lipinski definition) is 6. The fourth-order valence-electron chi connectivity index (χ4n) is 2.12. The van der Waals surface area contributed by atoms with E-state index in [1.165, 1.54) is 18.4 Å². The van der Waals surface area contributed by atoms with Crippen molar-refractivity contribution < 1.29 is 18.7 Å². The van der Waals surface area contributed by atoms with E-state index in [0.717, 1.165) is 0 Å². The quantitative estimate of drug-likeness (QED) is 0.576. The first-order chi connectivity index (χ1) is 9.67. The van der Waals surface area contributed by atoms with Crippen LogP contribution in [0.2, 0.25) is 0 Å². The minimum Gasteiger partial charge on any atom is -0.464 e. The third-order valence-corrected chi connectivity index (χ3v) is 2.94. The molecule has 0 N–H and O–H groups in total. The molecule has 2 heterocycles. The zero-order valence-electron chi connectivity index (χ0n) is 9.84. The van der Waals surface area contributed by atoms with Crippen molar-refractivity contribution in [2.24, 2.45) is 0 Å². The molecule has 0 aliphatic carbocycles. The van der Waals surface area contributed by atoms with Crippen LogP contribution in [-0.2, 0) is 4.74 Å². The van der Waals surface area contributed by atoms with E-state index in [9.17, 15) is 14.9 Å². The Kier molecular flexibility index (Phi) is 2.38. The van der Waals surface area contributed by atoms with Gasteiger partial charge in [-0.2, -0.15) is 10.5 Å². The molecule has 6 heteroatoms. The summed E-state index contributed by atoms with van der Waals surface area (Å²) in [4.78, 5) is 23.4. The third-order valence-electron chi connectivity index (χ3n) is 2.94. The van der Waals surface area contributed by atoms with E-state index in [1.807, 2.05) is 12.1 Å². The van der Waals surface area contributed by atoms with Gasteiger partial charge in [0.25, 0.3) is 0 Å². The lowest BCUT2D eigenvalue weighted by molar-refractivity contribution is 0.0444. The van der Waals surface area contributed by atoms with Crippen molar-refractivity contribution >= 4 is 11.9 Å². The van der Waals surface area contributed by atoms with Gasteiger partial charge in [-0.1, -0.05) is 0 Å². The van der Waals surface area contributed by atoms with Crippen molar-refractivity contribution in [3.05, 3.63) is 46.7 Å². The average molecular weight is 264 g/mol. The Hall–Kier alpha value is -3.38. The van der Waals surface area contributed by atoms with E-state index < -0.39 is 11.9 Å². The Morgan fingerprint density at radius 2 is 1.85 bits per heavy atom. The number of furan rings is 1. The van der Waals surface area contributed by atoms with Crippen molar-refractivity contribution in [2.75, 3.05) is 0 Å². The molecule has 1 aromatic carbocycles. The molecule has 1 aliphatic rings. The largest absolute Gasteiger partial charge is 0.464 e. The molecular weight excluding hydrogens is 260 g/mol. The summed E-state index contributed by atoms with van der Waals surface area (Å²) >= 11 is 0. The highest BCUT2D eigenvalue weighted by Gasteiger charge is 2.36. The molecule has 1 aromatic heterocycles. The van der Waals surface area contributed by atoms with Gasteiger partial charge >= 0.3 is 11.9 Å². The Bertz CT molecular complexity index is 836. The van der Waals surface area contributed by atoms with Gasteiger partial charge in [0.1, 0.15) is 17.9 Å². The zero-order valence-corrected chi connectivity index (χ0v) is 9.84. The van der Waals surface area contributed by atoms with E-state index in [2.05, 4.69) is 4.74 Å². The molecule has 0 unspecified atom stereocenters. The van der Waals surface area contributed by atoms with E-state index in [1.54, 1.807) is 6.07 Å². The van der Waals surface area contributed by atoms with Gasteiger partial charge in [-0.15, -0.1) is 0 Å². The van der Waals surface area contributed by atoms with Crippen molar-refractivity contribution in [1.29, 1.82) is 10.5 Å². The molecule has 1 aliphatic heterocycles. The topological polar surface area (TPSA) is 104 Å². The highest BCUT2D eigenvalue weighted by molar-refractivity contribution is 6.18. The number of nitriles is 2. The average Bonchev–Trinajstić information content (AvgIpc) is 3.06. The van der Waals surface area contributed by atoms with E-state index in [4.69, 9.17) is 9.68 Å². The first-order valence-corrected chi connectivity index (χ1v) is 5.49. The van der Waals surface area contributed by atoms with Gasteiger partial charge in [0.2, 0.25) is 0 Å². The number of hydrogen-bond donors (Lipinski definition) is 0. The van der Waals surface area contributed by atoms with Crippen LogP contribution in [0.15, 0.2) is 28.9 Å². The van der Waals surface area contributed by atoms with Crippen LogP contribution in [0, 0.1) is 22.7 Å². The van der Waals surface area contributed by atoms with Crippen molar-refractivity contribution in [3.63, 3.8) is 0 Å². The normalized spacial score (nSPS) is 12.5. The summed E-state index contributed by atoms with van der Waals surface area (Å²) in [6.07, 6.45) is 1.37. The maximum absolute atomic E-state index is 11.8. The zero-order chi connectivity index (χ0) is 14.3. The first kappa shape index (κ1) is 11.7. The summed E-state index contributed by atoms with van der Waals surface area (Å²) < 4.78 is 9.72. The van der Waals surface area contributed by atoms with Crippen molar-refractivity contribution in [3.8, 4) is 23.5 Å². The minimum atomic E-state index is -0.850. The van der Waals surface area contributed by atoms with Crippen LogP contribution in [0.3, 0.4) is 0 Å². The first-order valence-electron chi connectivity index (χ1n) is 5.49. The number of nitrogens with zero attached hydrogens (tertiary/aromatic N) is 2. The summed E-state index contributed by atoms with van der Waals surface area (Å²) in [5, 5.41) is 18.3. The monoisotopic (exact) mass is 264 g/mol. The van der Waals surface area contributed by atoms with Crippen LogP contribution in [-0.4, -0.2) is 11.9 Å². The summed E-state index contributed by atoms with van der Waals surface area (Å²) in [5.41, 5.74) is 0.0111. The maximum atomic E-state index is 11.8. The number of benzene rings is 1. The second-order valence-electron chi connectivity index (χ2n) is 3.97.